The summed E-state index contributed by atoms with van der Waals surface area (Å²) in [7, 11) is 4.64. The maximum absolute atomic E-state index is 5.78. The van der Waals surface area contributed by atoms with Crippen LogP contribution in [0.5, 0.6) is 17.2 Å². The minimum atomic E-state index is 0.340. The molecule has 2 aromatic carbocycles. The molecule has 0 bridgehead atoms. The number of methoxy groups -OCH3 is 3. The van der Waals surface area contributed by atoms with Crippen molar-refractivity contribution in [2.45, 2.75) is 0 Å². The SMILES string of the molecule is COc1cc(-c2nnc(-c3cccc(N)c3)o2)cc(OC)c1OC. The van der Waals surface area contributed by atoms with Crippen LogP contribution in [0.25, 0.3) is 22.9 Å². The molecule has 7 heteroatoms. The number of anilines is 1. The monoisotopic (exact) mass is 327 g/mol. The molecular formula is C17H17N3O4. The van der Waals surface area contributed by atoms with Crippen molar-refractivity contribution in [3.63, 3.8) is 0 Å². The first-order valence-corrected chi connectivity index (χ1v) is 7.16. The van der Waals surface area contributed by atoms with Crippen LogP contribution in [0.15, 0.2) is 40.8 Å². The van der Waals surface area contributed by atoms with Gasteiger partial charge in [0.2, 0.25) is 17.5 Å². The van der Waals surface area contributed by atoms with Crippen LogP contribution in [0.3, 0.4) is 0 Å². The van der Waals surface area contributed by atoms with Gasteiger partial charge in [-0.1, -0.05) is 6.07 Å². The van der Waals surface area contributed by atoms with E-state index in [1.165, 1.54) is 0 Å². The summed E-state index contributed by atoms with van der Waals surface area (Å²) < 4.78 is 21.7. The van der Waals surface area contributed by atoms with Crippen LogP contribution < -0.4 is 19.9 Å². The van der Waals surface area contributed by atoms with Crippen molar-refractivity contribution < 1.29 is 18.6 Å². The number of hydrogen-bond donors (Lipinski definition) is 1. The molecule has 0 aliphatic carbocycles. The largest absolute Gasteiger partial charge is 0.493 e. The number of nitrogens with zero attached hydrogens (tertiary/aromatic N) is 2. The van der Waals surface area contributed by atoms with Crippen molar-refractivity contribution in [3.8, 4) is 40.2 Å². The molecule has 1 heterocycles. The van der Waals surface area contributed by atoms with E-state index in [4.69, 9.17) is 24.4 Å². The smallest absolute Gasteiger partial charge is 0.248 e. The Labute approximate surface area is 139 Å². The third kappa shape index (κ3) is 2.83. The van der Waals surface area contributed by atoms with Crippen molar-refractivity contribution >= 4 is 5.69 Å². The summed E-state index contributed by atoms with van der Waals surface area (Å²) in [6.45, 7) is 0. The Morgan fingerprint density at radius 2 is 1.46 bits per heavy atom. The van der Waals surface area contributed by atoms with Gasteiger partial charge in [-0.05, 0) is 30.3 Å². The van der Waals surface area contributed by atoms with Crippen LogP contribution in [-0.4, -0.2) is 31.5 Å². The summed E-state index contributed by atoms with van der Waals surface area (Å²) in [6.07, 6.45) is 0. The Morgan fingerprint density at radius 1 is 0.833 bits per heavy atom. The van der Waals surface area contributed by atoms with Crippen molar-refractivity contribution in [2.75, 3.05) is 27.1 Å². The molecule has 1 aromatic heterocycles. The summed E-state index contributed by atoms with van der Waals surface area (Å²) in [5.74, 6) is 2.24. The lowest BCUT2D eigenvalue weighted by molar-refractivity contribution is 0.324. The Bertz CT molecular complexity index is 836. The maximum atomic E-state index is 5.78. The predicted molar refractivity (Wildman–Crippen MR) is 89.2 cm³/mol. The highest BCUT2D eigenvalue weighted by molar-refractivity contribution is 5.67. The van der Waals surface area contributed by atoms with E-state index in [0.29, 0.717) is 40.3 Å². The second kappa shape index (κ2) is 6.49. The van der Waals surface area contributed by atoms with E-state index >= 15 is 0 Å². The first-order valence-electron chi connectivity index (χ1n) is 7.16. The first kappa shape index (κ1) is 15.7. The van der Waals surface area contributed by atoms with Gasteiger partial charge < -0.3 is 24.4 Å². The molecular weight excluding hydrogens is 310 g/mol. The van der Waals surface area contributed by atoms with Gasteiger partial charge in [0.1, 0.15) is 0 Å². The fourth-order valence-electron chi connectivity index (χ4n) is 2.33. The zero-order chi connectivity index (χ0) is 17.1. The van der Waals surface area contributed by atoms with E-state index in [-0.39, 0.29) is 0 Å². The first-order chi connectivity index (χ1) is 11.7. The molecule has 0 saturated heterocycles. The highest BCUT2D eigenvalue weighted by atomic mass is 16.5. The Balaban J connectivity index is 2.04. The number of hydrogen-bond acceptors (Lipinski definition) is 7. The van der Waals surface area contributed by atoms with Gasteiger partial charge in [0.25, 0.3) is 0 Å². The van der Waals surface area contributed by atoms with Gasteiger partial charge >= 0.3 is 0 Å². The molecule has 0 aliphatic heterocycles. The minimum absolute atomic E-state index is 0.340. The van der Waals surface area contributed by atoms with E-state index in [1.54, 1.807) is 45.6 Å². The average molecular weight is 327 g/mol. The molecule has 0 aliphatic rings. The fraction of sp³-hybridized carbons (Fsp3) is 0.176. The highest BCUT2D eigenvalue weighted by Gasteiger charge is 2.18. The lowest BCUT2D eigenvalue weighted by Gasteiger charge is -2.12. The topological polar surface area (TPSA) is 92.6 Å². The van der Waals surface area contributed by atoms with Crippen LogP contribution in [0.4, 0.5) is 5.69 Å². The number of nitrogen functional groups attached to an aromatic ring is 1. The molecule has 0 amide bonds. The Kier molecular flexibility index (Phi) is 4.24. The van der Waals surface area contributed by atoms with Gasteiger partial charge in [0, 0.05) is 16.8 Å². The molecule has 0 atom stereocenters. The molecule has 0 fully saturated rings. The van der Waals surface area contributed by atoms with Crippen LogP contribution >= 0.6 is 0 Å². The Morgan fingerprint density at radius 3 is 2.00 bits per heavy atom. The molecule has 0 radical (unpaired) electrons. The third-order valence-electron chi connectivity index (χ3n) is 3.47. The van der Waals surface area contributed by atoms with Gasteiger partial charge in [0.05, 0.1) is 21.3 Å². The van der Waals surface area contributed by atoms with Crippen LogP contribution in [0.2, 0.25) is 0 Å². The van der Waals surface area contributed by atoms with Gasteiger partial charge in [0.15, 0.2) is 11.5 Å². The number of nitrogens with two attached hydrogens (primary N) is 1. The van der Waals surface area contributed by atoms with E-state index < -0.39 is 0 Å². The number of aromatic nitrogens is 2. The molecule has 3 aromatic rings. The standard InChI is InChI=1S/C17H17N3O4/c1-21-13-8-11(9-14(22-2)15(13)23-3)17-20-19-16(24-17)10-5-4-6-12(18)7-10/h4-9H,18H2,1-3H3. The summed E-state index contributed by atoms with van der Waals surface area (Å²) in [6, 6.07) is 10.7. The number of ether oxygens (including phenoxy) is 3. The fourth-order valence-corrected chi connectivity index (χ4v) is 2.33. The minimum Gasteiger partial charge on any atom is -0.493 e. The van der Waals surface area contributed by atoms with Crippen molar-refractivity contribution in [1.82, 2.24) is 10.2 Å². The molecule has 0 saturated carbocycles. The van der Waals surface area contributed by atoms with E-state index in [9.17, 15) is 0 Å². The van der Waals surface area contributed by atoms with Gasteiger partial charge in [-0.2, -0.15) is 0 Å². The van der Waals surface area contributed by atoms with Crippen molar-refractivity contribution in [1.29, 1.82) is 0 Å². The predicted octanol–water partition coefficient (Wildman–Crippen LogP) is 3.01. The van der Waals surface area contributed by atoms with Crippen LogP contribution in [-0.2, 0) is 0 Å². The molecule has 7 nitrogen and oxygen atoms in total. The summed E-state index contributed by atoms with van der Waals surface area (Å²) in [4.78, 5) is 0. The van der Waals surface area contributed by atoms with Crippen molar-refractivity contribution in [3.05, 3.63) is 36.4 Å². The summed E-state index contributed by atoms with van der Waals surface area (Å²) in [5, 5.41) is 8.16. The van der Waals surface area contributed by atoms with E-state index in [2.05, 4.69) is 10.2 Å². The molecule has 3 rings (SSSR count). The number of benzene rings is 2. The van der Waals surface area contributed by atoms with E-state index in [0.717, 1.165) is 5.56 Å². The van der Waals surface area contributed by atoms with Crippen LogP contribution in [0.1, 0.15) is 0 Å². The Hall–Kier alpha value is -3.22. The lowest BCUT2D eigenvalue weighted by Crippen LogP contribution is -1.95. The second-order valence-corrected chi connectivity index (χ2v) is 4.95. The quantitative estimate of drug-likeness (QED) is 0.720. The molecule has 2 N–H and O–H groups in total. The molecule has 124 valence electrons. The summed E-state index contributed by atoms with van der Waals surface area (Å²) >= 11 is 0. The van der Waals surface area contributed by atoms with Gasteiger partial charge in [-0.15, -0.1) is 10.2 Å². The molecule has 0 spiro atoms. The van der Waals surface area contributed by atoms with Crippen molar-refractivity contribution in [2.24, 2.45) is 0 Å². The molecule has 24 heavy (non-hydrogen) atoms. The zero-order valence-corrected chi connectivity index (χ0v) is 13.6. The van der Waals surface area contributed by atoms with Gasteiger partial charge in [-0.3, -0.25) is 0 Å². The average Bonchev–Trinajstić information content (AvgIpc) is 3.10. The highest BCUT2D eigenvalue weighted by Crippen LogP contribution is 2.41. The van der Waals surface area contributed by atoms with E-state index in [1.807, 2.05) is 12.1 Å². The lowest BCUT2D eigenvalue weighted by atomic mass is 10.2. The second-order valence-electron chi connectivity index (χ2n) is 4.95. The summed E-state index contributed by atoms with van der Waals surface area (Å²) in [5.41, 5.74) is 7.82. The van der Waals surface area contributed by atoms with Crippen LogP contribution in [0, 0.1) is 0 Å². The van der Waals surface area contributed by atoms with Gasteiger partial charge in [-0.25, -0.2) is 0 Å². The zero-order valence-electron chi connectivity index (χ0n) is 13.6. The third-order valence-corrected chi connectivity index (χ3v) is 3.47. The molecule has 0 unspecified atom stereocenters. The normalized spacial score (nSPS) is 10.5. The maximum Gasteiger partial charge on any atom is 0.248 e. The number of rotatable bonds is 5.